The number of aryl methyl sites for hydroxylation is 1. The van der Waals surface area contributed by atoms with Gasteiger partial charge in [0.05, 0.1) is 11.0 Å². The molecule has 7 nitrogen and oxygen atoms in total. The van der Waals surface area contributed by atoms with E-state index in [1.54, 1.807) is 13.8 Å². The van der Waals surface area contributed by atoms with Crippen LogP contribution in [0.4, 0.5) is 0 Å². The van der Waals surface area contributed by atoms with Gasteiger partial charge in [0.25, 0.3) is 5.91 Å². The Bertz CT molecular complexity index is 786. The number of carboxylic acids is 1. The number of benzene rings is 1. The van der Waals surface area contributed by atoms with Crippen molar-refractivity contribution in [2.24, 2.45) is 0 Å². The molecule has 2 rings (SSSR count). The zero-order chi connectivity index (χ0) is 18.2. The summed E-state index contributed by atoms with van der Waals surface area (Å²) in [5.41, 5.74) is 1.51. The van der Waals surface area contributed by atoms with E-state index in [0.717, 1.165) is 6.26 Å². The highest BCUT2D eigenvalue weighted by atomic mass is 32.2. The van der Waals surface area contributed by atoms with Gasteiger partial charge in [-0.3, -0.25) is 4.79 Å². The molecule has 0 radical (unpaired) electrons. The molecule has 132 valence electrons. The maximum absolute atomic E-state index is 12.9. The summed E-state index contributed by atoms with van der Waals surface area (Å²) in [6.45, 7) is 3.60. The van der Waals surface area contributed by atoms with E-state index in [2.05, 4.69) is 0 Å². The number of methoxy groups -OCH3 is 1. The van der Waals surface area contributed by atoms with Gasteiger partial charge in [-0.1, -0.05) is 0 Å². The summed E-state index contributed by atoms with van der Waals surface area (Å²) in [6, 6.07) is 1.85. The van der Waals surface area contributed by atoms with Crippen molar-refractivity contribution in [1.29, 1.82) is 0 Å². The van der Waals surface area contributed by atoms with E-state index in [1.807, 2.05) is 0 Å². The molecule has 1 aromatic carbocycles. The van der Waals surface area contributed by atoms with Crippen LogP contribution in [-0.2, 0) is 19.4 Å². The minimum absolute atomic E-state index is 0.0447. The lowest BCUT2D eigenvalue weighted by atomic mass is 10.0. The Balaban J connectivity index is 2.49. The molecule has 24 heavy (non-hydrogen) atoms. The number of amides is 1. The van der Waals surface area contributed by atoms with Gasteiger partial charge in [-0.05, 0) is 37.1 Å². The predicted octanol–water partition coefficient (Wildman–Crippen LogP) is 1.02. The van der Waals surface area contributed by atoms with Crippen LogP contribution in [0.15, 0.2) is 17.0 Å². The molecule has 2 unspecified atom stereocenters. The first-order chi connectivity index (χ1) is 11.1. The second-order valence-electron chi connectivity index (χ2n) is 6.09. The average molecular weight is 355 g/mol. The van der Waals surface area contributed by atoms with Crippen LogP contribution in [0.5, 0.6) is 0 Å². The van der Waals surface area contributed by atoms with Gasteiger partial charge in [0, 0.05) is 31.9 Å². The molecule has 1 N–H and O–H groups in total. The van der Waals surface area contributed by atoms with Gasteiger partial charge >= 0.3 is 5.97 Å². The fourth-order valence-electron chi connectivity index (χ4n) is 2.84. The van der Waals surface area contributed by atoms with E-state index in [1.165, 1.54) is 24.1 Å². The fraction of sp³-hybridized carbons (Fsp3) is 0.500. The molecule has 0 bridgehead atoms. The van der Waals surface area contributed by atoms with Crippen LogP contribution in [0.1, 0.15) is 27.9 Å². The van der Waals surface area contributed by atoms with Gasteiger partial charge in [-0.25, -0.2) is 13.2 Å². The van der Waals surface area contributed by atoms with Gasteiger partial charge in [0.15, 0.2) is 9.84 Å². The first-order valence-corrected chi connectivity index (χ1v) is 9.33. The second kappa shape index (κ2) is 6.52. The minimum Gasteiger partial charge on any atom is -0.480 e. The van der Waals surface area contributed by atoms with Crippen molar-refractivity contribution in [3.63, 3.8) is 0 Å². The van der Waals surface area contributed by atoms with Gasteiger partial charge in [0.2, 0.25) is 0 Å². The normalized spacial score (nSPS) is 21.1. The van der Waals surface area contributed by atoms with Gasteiger partial charge in [0.1, 0.15) is 6.04 Å². The highest BCUT2D eigenvalue weighted by Crippen LogP contribution is 2.26. The molecular weight excluding hydrogens is 334 g/mol. The maximum atomic E-state index is 12.9. The molecule has 2 atom stereocenters. The predicted molar refractivity (Wildman–Crippen MR) is 86.9 cm³/mol. The summed E-state index contributed by atoms with van der Waals surface area (Å²) in [5, 5.41) is 9.36. The summed E-state index contributed by atoms with van der Waals surface area (Å²) in [7, 11) is -2.01. The van der Waals surface area contributed by atoms with E-state index < -0.39 is 27.8 Å². The summed E-state index contributed by atoms with van der Waals surface area (Å²) < 4.78 is 28.8. The smallest absolute Gasteiger partial charge is 0.326 e. The molecule has 1 aromatic rings. The Morgan fingerprint density at radius 2 is 1.92 bits per heavy atom. The summed E-state index contributed by atoms with van der Waals surface area (Å²) in [6.07, 6.45) is 0.929. The Labute approximate surface area is 141 Å². The largest absolute Gasteiger partial charge is 0.480 e. The molecule has 0 aliphatic carbocycles. The molecule has 1 heterocycles. The third kappa shape index (κ3) is 3.44. The van der Waals surface area contributed by atoms with Crippen molar-refractivity contribution >= 4 is 21.7 Å². The lowest BCUT2D eigenvalue weighted by Gasteiger charge is -2.23. The number of rotatable bonds is 4. The summed E-state index contributed by atoms with van der Waals surface area (Å²) in [4.78, 5) is 25.6. The van der Waals surface area contributed by atoms with Gasteiger partial charge in [-0.15, -0.1) is 0 Å². The first-order valence-electron chi connectivity index (χ1n) is 7.44. The Kier molecular flexibility index (Phi) is 5.00. The molecule has 0 spiro atoms. The number of hydrogen-bond acceptors (Lipinski definition) is 5. The first kappa shape index (κ1) is 18.4. The van der Waals surface area contributed by atoms with Crippen LogP contribution in [-0.4, -0.2) is 62.4 Å². The lowest BCUT2D eigenvalue weighted by molar-refractivity contribution is -0.141. The number of carbonyl (C=O) groups is 2. The van der Waals surface area contributed by atoms with E-state index in [9.17, 15) is 23.1 Å². The quantitative estimate of drug-likeness (QED) is 0.865. The van der Waals surface area contributed by atoms with E-state index in [4.69, 9.17) is 4.74 Å². The number of hydrogen-bond donors (Lipinski definition) is 1. The minimum atomic E-state index is -3.48. The summed E-state index contributed by atoms with van der Waals surface area (Å²) >= 11 is 0. The molecule has 1 fully saturated rings. The molecule has 8 heteroatoms. The third-order valence-electron chi connectivity index (χ3n) is 4.44. The van der Waals surface area contributed by atoms with Crippen LogP contribution >= 0.6 is 0 Å². The molecule has 0 aromatic heterocycles. The van der Waals surface area contributed by atoms with Crippen molar-refractivity contribution in [3.8, 4) is 0 Å². The zero-order valence-electron chi connectivity index (χ0n) is 14.1. The zero-order valence-corrected chi connectivity index (χ0v) is 14.9. The van der Waals surface area contributed by atoms with Crippen molar-refractivity contribution < 1.29 is 27.9 Å². The molecule has 1 saturated heterocycles. The van der Waals surface area contributed by atoms with Crippen molar-refractivity contribution in [1.82, 2.24) is 4.90 Å². The fourth-order valence-corrected chi connectivity index (χ4v) is 3.57. The number of ether oxygens (including phenoxy) is 1. The van der Waals surface area contributed by atoms with E-state index >= 15 is 0 Å². The van der Waals surface area contributed by atoms with Crippen molar-refractivity contribution in [2.45, 2.75) is 37.3 Å². The van der Waals surface area contributed by atoms with E-state index in [-0.39, 0.29) is 29.5 Å². The highest BCUT2D eigenvalue weighted by Gasteiger charge is 2.40. The van der Waals surface area contributed by atoms with Crippen LogP contribution in [0.2, 0.25) is 0 Å². The number of aliphatic carboxylic acids is 1. The number of carbonyl (C=O) groups excluding carboxylic acids is 1. The highest BCUT2D eigenvalue weighted by molar-refractivity contribution is 7.90. The van der Waals surface area contributed by atoms with Crippen molar-refractivity contribution in [2.75, 3.05) is 19.9 Å². The number of likely N-dealkylation sites (tertiary alicyclic amines) is 1. The molecule has 1 amide bonds. The number of nitrogens with zero attached hydrogens (tertiary/aromatic N) is 1. The standard InChI is InChI=1S/C16H21NO6S/c1-9-5-12(24(4,21)22)7-13(10(9)2)15(18)17-8-11(23-3)6-14(17)16(19)20/h5,7,11,14H,6,8H2,1-4H3,(H,19,20). The SMILES string of the molecule is COC1CC(C(=O)O)N(C(=O)c2cc(S(C)(=O)=O)cc(C)c2C)C1. The third-order valence-corrected chi connectivity index (χ3v) is 5.53. The number of sulfone groups is 1. The van der Waals surface area contributed by atoms with Crippen LogP contribution in [0.3, 0.4) is 0 Å². The lowest BCUT2D eigenvalue weighted by Crippen LogP contribution is -2.41. The molecule has 1 aliphatic rings. The number of carboxylic acid groups (broad SMARTS) is 1. The molecule has 0 saturated carbocycles. The van der Waals surface area contributed by atoms with Crippen molar-refractivity contribution in [3.05, 3.63) is 28.8 Å². The monoisotopic (exact) mass is 355 g/mol. The maximum Gasteiger partial charge on any atom is 0.326 e. The Morgan fingerprint density at radius 3 is 2.42 bits per heavy atom. The second-order valence-corrected chi connectivity index (χ2v) is 8.11. The topological polar surface area (TPSA) is 101 Å². The average Bonchev–Trinajstić information content (AvgIpc) is 2.92. The van der Waals surface area contributed by atoms with Crippen LogP contribution in [0.25, 0.3) is 0 Å². The van der Waals surface area contributed by atoms with Crippen LogP contribution < -0.4 is 0 Å². The summed E-state index contributed by atoms with van der Waals surface area (Å²) in [5.74, 6) is -1.59. The Morgan fingerprint density at radius 1 is 1.29 bits per heavy atom. The molecule has 1 aliphatic heterocycles. The van der Waals surface area contributed by atoms with Gasteiger partial charge in [-0.2, -0.15) is 0 Å². The van der Waals surface area contributed by atoms with Crippen LogP contribution in [0, 0.1) is 13.8 Å². The Hall–Kier alpha value is -1.93. The molecular formula is C16H21NO6S. The van der Waals surface area contributed by atoms with Gasteiger partial charge < -0.3 is 14.7 Å². The van der Waals surface area contributed by atoms with E-state index in [0.29, 0.717) is 11.1 Å².